The summed E-state index contributed by atoms with van der Waals surface area (Å²) < 4.78 is 10.7. The van der Waals surface area contributed by atoms with Gasteiger partial charge in [-0.05, 0) is 62.9 Å². The van der Waals surface area contributed by atoms with Crippen LogP contribution in [-0.2, 0) is 16.1 Å². The molecule has 5 rings (SSSR count). The maximum Gasteiger partial charge on any atom is 0.336 e. The molecule has 12 heteroatoms. The number of para-hydroxylation sites is 2. The summed E-state index contributed by atoms with van der Waals surface area (Å²) in [6.07, 6.45) is 0. The first-order chi connectivity index (χ1) is 21.1. The summed E-state index contributed by atoms with van der Waals surface area (Å²) in [5.41, 5.74) is 1.82. The van der Waals surface area contributed by atoms with Crippen LogP contribution in [0, 0.1) is 0 Å². The Morgan fingerprint density at radius 1 is 0.978 bits per heavy atom. The van der Waals surface area contributed by atoms with Gasteiger partial charge in [-0.2, -0.15) is 0 Å². The van der Waals surface area contributed by atoms with Crippen LogP contribution in [0.4, 0.5) is 11.4 Å². The smallest absolute Gasteiger partial charge is 0.336 e. The number of hydrogen-bond acceptors (Lipinski definition) is 8. The van der Waals surface area contributed by atoms with Crippen LogP contribution >= 0.6 is 12.4 Å². The van der Waals surface area contributed by atoms with Crippen LogP contribution in [0.25, 0.3) is 11.0 Å². The molecule has 0 aliphatic carbocycles. The van der Waals surface area contributed by atoms with Crippen molar-refractivity contribution in [3.63, 3.8) is 0 Å². The largest absolute Gasteiger partial charge is 0.497 e. The highest BCUT2D eigenvalue weighted by molar-refractivity contribution is 6.13. The van der Waals surface area contributed by atoms with E-state index in [1.54, 1.807) is 80.7 Å². The van der Waals surface area contributed by atoms with Crippen molar-refractivity contribution in [1.82, 2.24) is 10.6 Å². The lowest BCUT2D eigenvalue weighted by molar-refractivity contribution is -0.128. The fourth-order valence-corrected chi connectivity index (χ4v) is 5.12. The molecule has 1 aromatic heterocycles. The first kappa shape index (κ1) is 32.9. The molecule has 0 spiro atoms. The summed E-state index contributed by atoms with van der Waals surface area (Å²) in [6, 6.07) is 17.9. The number of amides is 3. The number of carbonyl (C=O) groups excluding carboxylic acids is 4. The lowest BCUT2D eigenvalue weighted by atomic mass is 10.1. The zero-order valence-electron chi connectivity index (χ0n) is 25.2. The number of methoxy groups -OCH3 is 1. The van der Waals surface area contributed by atoms with Gasteiger partial charge in [0.25, 0.3) is 11.8 Å². The van der Waals surface area contributed by atoms with Crippen molar-refractivity contribution in [3.8, 4) is 5.75 Å². The summed E-state index contributed by atoms with van der Waals surface area (Å²) in [5.74, 6) is -0.936. The zero-order valence-corrected chi connectivity index (χ0v) is 26.0. The van der Waals surface area contributed by atoms with Gasteiger partial charge in [0.05, 0.1) is 37.6 Å². The van der Waals surface area contributed by atoms with E-state index in [4.69, 9.17) is 9.15 Å². The van der Waals surface area contributed by atoms with Crippen LogP contribution in [0.2, 0.25) is 0 Å². The van der Waals surface area contributed by atoms with Gasteiger partial charge in [0.1, 0.15) is 17.4 Å². The Balaban J connectivity index is 0.00000461. The molecule has 0 bridgehead atoms. The Morgan fingerprint density at radius 2 is 1.64 bits per heavy atom. The highest BCUT2D eigenvalue weighted by atomic mass is 35.5. The maximum absolute atomic E-state index is 14.3. The van der Waals surface area contributed by atoms with Crippen molar-refractivity contribution < 1.29 is 28.3 Å². The normalized spacial score (nSPS) is 15.0. The highest BCUT2D eigenvalue weighted by Crippen LogP contribution is 2.36. The fourth-order valence-electron chi connectivity index (χ4n) is 5.12. The number of hydrogen-bond donors (Lipinski definition) is 2. The molecular formula is C33H33ClN4O7. The average Bonchev–Trinajstić information content (AvgIpc) is 3.14. The van der Waals surface area contributed by atoms with Gasteiger partial charge in [-0.25, -0.2) is 4.79 Å². The Hall–Kier alpha value is -5.00. The fraction of sp³-hybridized carbons (Fsp3) is 0.242. The Morgan fingerprint density at radius 3 is 2.29 bits per heavy atom. The van der Waals surface area contributed by atoms with Gasteiger partial charge in [0.15, 0.2) is 5.78 Å². The summed E-state index contributed by atoms with van der Waals surface area (Å²) >= 11 is 0. The second-order valence-electron chi connectivity index (χ2n) is 10.5. The molecule has 1 aliphatic rings. The quantitative estimate of drug-likeness (QED) is 0.222. The molecule has 0 saturated heterocycles. The van der Waals surface area contributed by atoms with E-state index in [1.807, 2.05) is 0 Å². The van der Waals surface area contributed by atoms with Crippen LogP contribution in [0.3, 0.4) is 0 Å². The number of fused-ring (bicyclic) bond motifs is 2. The minimum atomic E-state index is -1.13. The van der Waals surface area contributed by atoms with Crippen LogP contribution in [0.1, 0.15) is 40.1 Å². The first-order valence-corrected chi connectivity index (χ1v) is 14.0. The number of halogens is 1. The molecule has 3 amide bonds. The van der Waals surface area contributed by atoms with Gasteiger partial charge < -0.3 is 29.6 Å². The number of rotatable bonds is 8. The van der Waals surface area contributed by atoms with Crippen molar-refractivity contribution in [2.45, 2.75) is 32.5 Å². The monoisotopic (exact) mass is 632 g/mol. The molecule has 0 saturated carbocycles. The Kier molecular flexibility index (Phi) is 10.1. The van der Waals surface area contributed by atoms with E-state index in [2.05, 4.69) is 10.6 Å². The van der Waals surface area contributed by atoms with Crippen molar-refractivity contribution in [2.75, 3.05) is 30.5 Å². The lowest BCUT2D eigenvalue weighted by Crippen LogP contribution is -2.55. The second-order valence-corrected chi connectivity index (χ2v) is 10.5. The number of likely N-dealkylation sites (N-methyl/N-ethyl adjacent to an activating group) is 1. The molecule has 1 aliphatic heterocycles. The van der Waals surface area contributed by atoms with Crippen molar-refractivity contribution in [3.05, 3.63) is 99.9 Å². The summed E-state index contributed by atoms with van der Waals surface area (Å²) in [7, 11) is 3.13. The van der Waals surface area contributed by atoms with E-state index in [0.29, 0.717) is 44.8 Å². The van der Waals surface area contributed by atoms with Crippen molar-refractivity contribution >= 4 is 58.3 Å². The molecule has 11 nitrogen and oxygen atoms in total. The summed E-state index contributed by atoms with van der Waals surface area (Å²) in [5, 5.41) is 6.27. The number of carbonyl (C=O) groups is 4. The van der Waals surface area contributed by atoms with Crippen molar-refractivity contribution in [1.29, 1.82) is 0 Å². The minimum absolute atomic E-state index is 0. The Labute approximate surface area is 265 Å². The molecule has 2 atom stereocenters. The maximum atomic E-state index is 14.3. The summed E-state index contributed by atoms with van der Waals surface area (Å²) in [6.45, 7) is 2.90. The highest BCUT2D eigenvalue weighted by Gasteiger charge is 2.38. The van der Waals surface area contributed by atoms with E-state index in [0.717, 1.165) is 0 Å². The van der Waals surface area contributed by atoms with Gasteiger partial charge in [-0.3, -0.25) is 19.2 Å². The number of benzene rings is 3. The number of ketones is 1. The topological polar surface area (TPSA) is 138 Å². The van der Waals surface area contributed by atoms with E-state index < -0.39 is 35.4 Å². The molecular weight excluding hydrogens is 600 g/mol. The predicted molar refractivity (Wildman–Crippen MR) is 172 cm³/mol. The SMILES string of the molecule is CN[C@@H](C)C(=O)N[C@H]1CN(C(=O)c2ccc(C(C)=O)cc2)c2ccccc2N(Cc2cc(=O)oc3cc(OC)ccc23)C1=O.Cl. The molecule has 2 heterocycles. The third kappa shape index (κ3) is 6.74. The van der Waals surface area contributed by atoms with Gasteiger partial charge in [-0.15, -0.1) is 12.4 Å². The van der Waals surface area contributed by atoms with Gasteiger partial charge in [-0.1, -0.05) is 24.3 Å². The molecule has 0 fully saturated rings. The zero-order chi connectivity index (χ0) is 31.5. The molecule has 2 N–H and O–H groups in total. The summed E-state index contributed by atoms with van der Waals surface area (Å²) in [4.78, 5) is 68.6. The van der Waals surface area contributed by atoms with E-state index >= 15 is 0 Å². The molecule has 45 heavy (non-hydrogen) atoms. The number of Topliss-reactive ketones (excluding diaryl/α,β-unsaturated/α-hetero) is 1. The Bertz CT molecular complexity index is 1820. The van der Waals surface area contributed by atoms with Gasteiger partial charge in [0.2, 0.25) is 5.91 Å². The predicted octanol–water partition coefficient (Wildman–Crippen LogP) is 3.71. The molecule has 4 aromatic rings. The third-order valence-corrected chi connectivity index (χ3v) is 7.68. The standard InChI is InChI=1S/C33H32N4O7.ClH/c1-19(34-3)31(40)35-26-18-37(32(41)22-11-9-21(10-12-22)20(2)38)28-8-6-5-7-27(28)36(33(26)42)17-23-15-30(39)44-29-16-24(43-4)13-14-25(23)29;/h5-16,19,26,34H,17-18H2,1-4H3,(H,35,40);1H/t19-,26-;/m0./s1. The molecule has 234 valence electrons. The van der Waals surface area contributed by atoms with Crippen LogP contribution < -0.4 is 30.8 Å². The third-order valence-electron chi connectivity index (χ3n) is 7.68. The molecule has 3 aromatic carbocycles. The van der Waals surface area contributed by atoms with E-state index in [-0.39, 0.29) is 31.3 Å². The lowest BCUT2D eigenvalue weighted by Gasteiger charge is -2.26. The molecule has 0 unspecified atom stereocenters. The van der Waals surface area contributed by atoms with Gasteiger partial charge in [0, 0.05) is 28.6 Å². The van der Waals surface area contributed by atoms with E-state index in [9.17, 15) is 24.0 Å². The first-order valence-electron chi connectivity index (χ1n) is 14.0. The second kappa shape index (κ2) is 13.7. The van der Waals surface area contributed by atoms with Crippen LogP contribution in [-0.4, -0.2) is 56.3 Å². The average molecular weight is 633 g/mol. The van der Waals surface area contributed by atoms with Gasteiger partial charge >= 0.3 is 5.63 Å². The number of ether oxygens (including phenoxy) is 1. The van der Waals surface area contributed by atoms with E-state index in [1.165, 1.54) is 29.9 Å². The number of nitrogens with zero attached hydrogens (tertiary/aromatic N) is 2. The van der Waals surface area contributed by atoms with Crippen LogP contribution in [0.15, 0.2) is 82.0 Å². The number of anilines is 2. The number of nitrogens with one attached hydrogen (secondary N) is 2. The van der Waals surface area contributed by atoms with Crippen LogP contribution in [0.5, 0.6) is 5.75 Å². The molecule has 0 radical (unpaired) electrons. The van der Waals surface area contributed by atoms with Crippen molar-refractivity contribution in [2.24, 2.45) is 0 Å². The minimum Gasteiger partial charge on any atom is -0.497 e.